The van der Waals surface area contributed by atoms with E-state index in [4.69, 9.17) is 14.2 Å². The molecule has 0 aromatic rings. The fourth-order valence-corrected chi connectivity index (χ4v) is 4.74. The highest BCUT2D eigenvalue weighted by atomic mass is 16.9. The Hall–Kier alpha value is -0.380. The third-order valence-corrected chi connectivity index (χ3v) is 6.65. The summed E-state index contributed by atoms with van der Waals surface area (Å²) in [5.41, 5.74) is -0.0712. The summed E-state index contributed by atoms with van der Waals surface area (Å²) in [7, 11) is 5.19. The van der Waals surface area contributed by atoms with Crippen molar-refractivity contribution in [2.75, 3.05) is 21.3 Å². The number of unbranched alkanes of at least 4 members (excludes halogenated alkanes) is 12. The molecular weight excluding hydrogens is 384 g/mol. The van der Waals surface area contributed by atoms with Crippen molar-refractivity contribution in [2.45, 2.75) is 143 Å². The van der Waals surface area contributed by atoms with E-state index in [9.17, 15) is 0 Å². The van der Waals surface area contributed by atoms with Gasteiger partial charge in [0.1, 0.15) is 0 Å². The van der Waals surface area contributed by atoms with Crippen LogP contribution in [0, 0.1) is 5.41 Å². The van der Waals surface area contributed by atoms with Gasteiger partial charge >= 0.3 is 0 Å². The molecule has 0 fully saturated rings. The van der Waals surface area contributed by atoms with Gasteiger partial charge in [-0.3, -0.25) is 0 Å². The second kappa shape index (κ2) is 22.8. The first-order chi connectivity index (χ1) is 15.0. The van der Waals surface area contributed by atoms with Crippen LogP contribution < -0.4 is 0 Å². The summed E-state index contributed by atoms with van der Waals surface area (Å²) in [5.74, 6) is -0.924. The van der Waals surface area contributed by atoms with E-state index in [1.54, 1.807) is 27.4 Å². The molecule has 0 aliphatic rings. The Morgan fingerprint density at radius 2 is 0.871 bits per heavy atom. The van der Waals surface area contributed by atoms with Gasteiger partial charge in [0.2, 0.25) is 0 Å². The number of hydrogen-bond acceptors (Lipinski definition) is 3. The van der Waals surface area contributed by atoms with Gasteiger partial charge in [-0.15, -0.1) is 6.58 Å². The van der Waals surface area contributed by atoms with Crippen LogP contribution in [0.3, 0.4) is 0 Å². The zero-order valence-electron chi connectivity index (χ0n) is 22.5. The molecule has 188 valence electrons. The standard InChI is InChI=1S/C25H52O3.C3H6/c1-7-10-12-14-16-17-19-21-23-24(9-3,25(26-4,27-5)28-6)22-20-18-15-13-11-8-2;1-3-2/h7-23H2,1-6H3;3H,1H2,2H3. The summed E-state index contributed by atoms with van der Waals surface area (Å²) in [5, 5.41) is 0. The molecule has 31 heavy (non-hydrogen) atoms. The van der Waals surface area contributed by atoms with Crippen molar-refractivity contribution in [1.29, 1.82) is 0 Å². The maximum atomic E-state index is 5.87. The van der Waals surface area contributed by atoms with Crippen molar-refractivity contribution in [3.8, 4) is 0 Å². The van der Waals surface area contributed by atoms with Gasteiger partial charge in [-0.05, 0) is 26.2 Å². The monoisotopic (exact) mass is 442 g/mol. The Morgan fingerprint density at radius 3 is 1.13 bits per heavy atom. The lowest BCUT2D eigenvalue weighted by Crippen LogP contribution is -2.52. The first kappa shape index (κ1) is 32.8. The van der Waals surface area contributed by atoms with Gasteiger partial charge in [0.25, 0.3) is 5.97 Å². The molecule has 0 bridgehead atoms. The number of ether oxygens (including phenoxy) is 3. The van der Waals surface area contributed by atoms with Crippen molar-refractivity contribution < 1.29 is 14.2 Å². The summed E-state index contributed by atoms with van der Waals surface area (Å²) in [6, 6.07) is 0. The van der Waals surface area contributed by atoms with Crippen LogP contribution in [-0.4, -0.2) is 27.3 Å². The molecule has 0 aromatic carbocycles. The second-order valence-corrected chi connectivity index (χ2v) is 8.95. The van der Waals surface area contributed by atoms with Crippen molar-refractivity contribution >= 4 is 0 Å². The largest absolute Gasteiger partial charge is 0.330 e. The van der Waals surface area contributed by atoms with Crippen LogP contribution in [0.15, 0.2) is 12.7 Å². The van der Waals surface area contributed by atoms with E-state index in [1.165, 1.54) is 89.9 Å². The summed E-state index contributed by atoms with van der Waals surface area (Å²) in [6.45, 7) is 12.1. The minimum Gasteiger partial charge on any atom is -0.330 e. The fraction of sp³-hybridized carbons (Fsp3) is 0.929. The highest BCUT2D eigenvalue weighted by Gasteiger charge is 2.51. The quantitative estimate of drug-likeness (QED) is 0.101. The predicted octanol–water partition coefficient (Wildman–Crippen LogP) is 9.45. The molecule has 0 aliphatic heterocycles. The number of allylic oxidation sites excluding steroid dienone is 1. The Kier molecular flexibility index (Phi) is 24.1. The highest BCUT2D eigenvalue weighted by Crippen LogP contribution is 2.47. The zero-order chi connectivity index (χ0) is 23.8. The normalized spacial score (nSPS) is 13.4. The lowest BCUT2D eigenvalue weighted by Gasteiger charge is -2.47. The molecule has 0 amide bonds. The van der Waals surface area contributed by atoms with Gasteiger partial charge in [-0.25, -0.2) is 0 Å². The molecule has 0 spiro atoms. The molecule has 3 heteroatoms. The summed E-state index contributed by atoms with van der Waals surface area (Å²) in [4.78, 5) is 0. The second-order valence-electron chi connectivity index (χ2n) is 8.95. The third kappa shape index (κ3) is 13.7. The fourth-order valence-electron chi connectivity index (χ4n) is 4.74. The highest BCUT2D eigenvalue weighted by molar-refractivity contribution is 4.88. The molecule has 0 aliphatic carbocycles. The smallest absolute Gasteiger partial charge is 0.288 e. The lowest BCUT2D eigenvalue weighted by atomic mass is 9.73. The molecule has 0 saturated carbocycles. The van der Waals surface area contributed by atoms with Crippen molar-refractivity contribution in [3.63, 3.8) is 0 Å². The van der Waals surface area contributed by atoms with E-state index in [1.807, 2.05) is 6.92 Å². The average Bonchev–Trinajstić information content (AvgIpc) is 2.79. The summed E-state index contributed by atoms with van der Waals surface area (Å²) >= 11 is 0. The molecule has 0 heterocycles. The van der Waals surface area contributed by atoms with E-state index in [2.05, 4.69) is 27.4 Å². The topological polar surface area (TPSA) is 27.7 Å². The Morgan fingerprint density at radius 1 is 0.581 bits per heavy atom. The molecular formula is C28H58O3. The molecule has 0 radical (unpaired) electrons. The molecule has 0 N–H and O–H groups in total. The molecule has 1 unspecified atom stereocenters. The third-order valence-electron chi connectivity index (χ3n) is 6.65. The van der Waals surface area contributed by atoms with Gasteiger partial charge in [0.15, 0.2) is 0 Å². The van der Waals surface area contributed by atoms with Crippen LogP contribution >= 0.6 is 0 Å². The van der Waals surface area contributed by atoms with E-state index >= 15 is 0 Å². The van der Waals surface area contributed by atoms with Gasteiger partial charge in [0.05, 0.1) is 5.41 Å². The zero-order valence-corrected chi connectivity index (χ0v) is 22.5. The first-order valence-electron chi connectivity index (χ1n) is 13.3. The Bertz CT molecular complexity index is 357. The molecule has 0 rings (SSSR count). The SMILES string of the molecule is C=CC.CCCCCCCCCCC(CC)(CCCCCCCC)C(OC)(OC)OC. The molecule has 0 aromatic heterocycles. The van der Waals surface area contributed by atoms with Crippen LogP contribution in [0.1, 0.15) is 137 Å². The Labute approximate surface area is 196 Å². The number of hydrogen-bond donors (Lipinski definition) is 0. The van der Waals surface area contributed by atoms with E-state index in [0.717, 1.165) is 19.3 Å². The maximum Gasteiger partial charge on any atom is 0.288 e. The molecule has 3 nitrogen and oxygen atoms in total. The van der Waals surface area contributed by atoms with Crippen LogP contribution in [0.2, 0.25) is 0 Å². The average molecular weight is 443 g/mol. The lowest BCUT2D eigenvalue weighted by molar-refractivity contribution is -0.410. The van der Waals surface area contributed by atoms with Crippen LogP contribution in [-0.2, 0) is 14.2 Å². The first-order valence-corrected chi connectivity index (χ1v) is 13.3. The van der Waals surface area contributed by atoms with Gasteiger partial charge in [0, 0.05) is 21.3 Å². The van der Waals surface area contributed by atoms with E-state index < -0.39 is 5.97 Å². The van der Waals surface area contributed by atoms with E-state index in [0.29, 0.717) is 0 Å². The van der Waals surface area contributed by atoms with Crippen molar-refractivity contribution in [3.05, 3.63) is 12.7 Å². The predicted molar refractivity (Wildman–Crippen MR) is 138 cm³/mol. The van der Waals surface area contributed by atoms with Gasteiger partial charge < -0.3 is 14.2 Å². The van der Waals surface area contributed by atoms with Crippen LogP contribution in [0.25, 0.3) is 0 Å². The van der Waals surface area contributed by atoms with Gasteiger partial charge in [-0.1, -0.05) is 117 Å². The van der Waals surface area contributed by atoms with Gasteiger partial charge in [-0.2, -0.15) is 0 Å². The number of rotatable bonds is 21. The minimum atomic E-state index is -0.924. The summed E-state index contributed by atoms with van der Waals surface area (Å²) in [6.07, 6.45) is 23.6. The molecule has 1 atom stereocenters. The Balaban J connectivity index is 0. The van der Waals surface area contributed by atoms with Crippen LogP contribution in [0.5, 0.6) is 0 Å². The number of methoxy groups -OCH3 is 3. The van der Waals surface area contributed by atoms with Crippen molar-refractivity contribution in [2.24, 2.45) is 5.41 Å². The van der Waals surface area contributed by atoms with Crippen molar-refractivity contribution in [1.82, 2.24) is 0 Å². The summed E-state index contributed by atoms with van der Waals surface area (Å²) < 4.78 is 17.6. The van der Waals surface area contributed by atoms with Crippen LogP contribution in [0.4, 0.5) is 0 Å². The maximum absolute atomic E-state index is 5.87. The minimum absolute atomic E-state index is 0.0712. The molecule has 0 saturated heterocycles. The van der Waals surface area contributed by atoms with E-state index in [-0.39, 0.29) is 5.41 Å².